The maximum Gasteiger partial charge on any atom is 0.248 e. The lowest BCUT2D eigenvalue weighted by Gasteiger charge is -2.10. The van der Waals surface area contributed by atoms with Gasteiger partial charge >= 0.3 is 0 Å². The highest BCUT2D eigenvalue weighted by Gasteiger charge is 2.08. The number of phenolic OH excluding ortho intramolecular Hbond substituents is 1. The fourth-order valence-corrected chi connectivity index (χ4v) is 1.86. The van der Waals surface area contributed by atoms with Gasteiger partial charge in [0.2, 0.25) is 5.91 Å². The number of aromatic hydroxyl groups is 1. The molecule has 0 saturated heterocycles. The Morgan fingerprint density at radius 3 is 2.71 bits per heavy atom. The molecule has 2 rings (SSSR count). The molecule has 0 aromatic heterocycles. The van der Waals surface area contributed by atoms with Crippen molar-refractivity contribution in [1.82, 2.24) is 0 Å². The molecule has 0 aliphatic heterocycles. The molecular weight excluding hydrogens is 275 g/mol. The number of anilines is 1. The SMILES string of the molecule is COc1ccc(CNc2cc(C(N)=O)ccc2F)cc1O. The van der Waals surface area contributed by atoms with Crippen LogP contribution in [0.2, 0.25) is 0 Å². The summed E-state index contributed by atoms with van der Waals surface area (Å²) in [5.41, 5.74) is 6.28. The van der Waals surface area contributed by atoms with Gasteiger partial charge in [0.1, 0.15) is 5.82 Å². The highest BCUT2D eigenvalue weighted by molar-refractivity contribution is 5.93. The number of halogens is 1. The van der Waals surface area contributed by atoms with E-state index < -0.39 is 11.7 Å². The van der Waals surface area contributed by atoms with Crippen LogP contribution < -0.4 is 15.8 Å². The molecule has 0 aliphatic rings. The number of carbonyl (C=O) groups excluding carboxylic acids is 1. The van der Waals surface area contributed by atoms with E-state index in [9.17, 15) is 14.3 Å². The second-order valence-electron chi connectivity index (χ2n) is 4.42. The highest BCUT2D eigenvalue weighted by Crippen LogP contribution is 2.26. The summed E-state index contributed by atoms with van der Waals surface area (Å²) < 4.78 is 18.6. The molecule has 110 valence electrons. The zero-order chi connectivity index (χ0) is 15.4. The summed E-state index contributed by atoms with van der Waals surface area (Å²) >= 11 is 0. The highest BCUT2D eigenvalue weighted by atomic mass is 19.1. The minimum atomic E-state index is -0.625. The van der Waals surface area contributed by atoms with Gasteiger partial charge in [0.05, 0.1) is 12.8 Å². The standard InChI is InChI=1S/C15H15FN2O3/c1-21-14-5-2-9(6-13(14)19)8-18-12-7-10(15(17)20)3-4-11(12)16/h2-7,18-19H,8H2,1H3,(H2,17,20). The summed E-state index contributed by atoms with van der Waals surface area (Å²) in [6.45, 7) is 0.274. The molecule has 21 heavy (non-hydrogen) atoms. The molecule has 0 fully saturated rings. The number of benzene rings is 2. The summed E-state index contributed by atoms with van der Waals surface area (Å²) in [6, 6.07) is 8.71. The molecule has 0 aliphatic carbocycles. The van der Waals surface area contributed by atoms with Crippen molar-refractivity contribution in [3.8, 4) is 11.5 Å². The lowest BCUT2D eigenvalue weighted by Crippen LogP contribution is -2.12. The number of hydrogen-bond acceptors (Lipinski definition) is 4. The van der Waals surface area contributed by atoms with Crippen molar-refractivity contribution < 1.29 is 19.0 Å². The normalized spacial score (nSPS) is 10.2. The minimum Gasteiger partial charge on any atom is -0.504 e. The van der Waals surface area contributed by atoms with E-state index in [4.69, 9.17) is 10.5 Å². The van der Waals surface area contributed by atoms with E-state index in [1.165, 1.54) is 31.4 Å². The van der Waals surface area contributed by atoms with E-state index in [2.05, 4.69) is 5.32 Å². The molecule has 2 aromatic rings. The minimum absolute atomic E-state index is 0.00292. The van der Waals surface area contributed by atoms with Crippen molar-refractivity contribution in [3.63, 3.8) is 0 Å². The van der Waals surface area contributed by atoms with E-state index in [0.29, 0.717) is 5.75 Å². The third-order valence-electron chi connectivity index (χ3n) is 2.98. The van der Waals surface area contributed by atoms with Crippen molar-refractivity contribution in [2.24, 2.45) is 5.73 Å². The number of phenols is 1. The summed E-state index contributed by atoms with van der Waals surface area (Å²) in [5.74, 6) is -0.748. The van der Waals surface area contributed by atoms with Gasteiger partial charge in [-0.2, -0.15) is 0 Å². The van der Waals surface area contributed by atoms with E-state index in [0.717, 1.165) is 5.56 Å². The van der Waals surface area contributed by atoms with Gasteiger partial charge in [0.15, 0.2) is 11.5 Å². The van der Waals surface area contributed by atoms with Gasteiger partial charge in [-0.1, -0.05) is 6.07 Å². The van der Waals surface area contributed by atoms with Gasteiger partial charge in [-0.15, -0.1) is 0 Å². The van der Waals surface area contributed by atoms with Crippen LogP contribution in [0.25, 0.3) is 0 Å². The molecular formula is C15H15FN2O3. The molecule has 0 saturated carbocycles. The number of amides is 1. The fraction of sp³-hybridized carbons (Fsp3) is 0.133. The molecule has 4 N–H and O–H groups in total. The topological polar surface area (TPSA) is 84.6 Å². The smallest absolute Gasteiger partial charge is 0.248 e. The molecule has 6 heteroatoms. The average molecular weight is 290 g/mol. The summed E-state index contributed by atoms with van der Waals surface area (Å²) in [4.78, 5) is 11.1. The number of methoxy groups -OCH3 is 1. The number of ether oxygens (including phenoxy) is 1. The number of primary amides is 1. The van der Waals surface area contributed by atoms with Gasteiger partial charge in [-0.3, -0.25) is 4.79 Å². The second kappa shape index (κ2) is 6.13. The van der Waals surface area contributed by atoms with Crippen LogP contribution >= 0.6 is 0 Å². The second-order valence-corrected chi connectivity index (χ2v) is 4.42. The Balaban J connectivity index is 2.14. The first-order valence-electron chi connectivity index (χ1n) is 6.20. The van der Waals surface area contributed by atoms with Gasteiger partial charge < -0.3 is 20.9 Å². The maximum absolute atomic E-state index is 13.6. The van der Waals surface area contributed by atoms with E-state index in [-0.39, 0.29) is 23.5 Å². The molecule has 2 aromatic carbocycles. The van der Waals surface area contributed by atoms with Gasteiger partial charge in [-0.05, 0) is 35.9 Å². The molecule has 0 bridgehead atoms. The Labute approximate surface area is 121 Å². The monoisotopic (exact) mass is 290 g/mol. The van der Waals surface area contributed by atoms with E-state index >= 15 is 0 Å². The Kier molecular flexibility index (Phi) is 4.27. The predicted octanol–water partition coefficient (Wildman–Crippen LogP) is 2.25. The lowest BCUT2D eigenvalue weighted by atomic mass is 10.1. The van der Waals surface area contributed by atoms with Crippen LogP contribution in [0.5, 0.6) is 11.5 Å². The molecule has 0 unspecified atom stereocenters. The Morgan fingerprint density at radius 1 is 1.33 bits per heavy atom. The number of rotatable bonds is 5. The van der Waals surface area contributed by atoms with Crippen LogP contribution in [0.3, 0.4) is 0 Å². The molecule has 0 spiro atoms. The molecule has 0 radical (unpaired) electrons. The van der Waals surface area contributed by atoms with Crippen LogP contribution in [0.4, 0.5) is 10.1 Å². The third kappa shape index (κ3) is 3.42. The first-order valence-corrected chi connectivity index (χ1v) is 6.20. The van der Waals surface area contributed by atoms with Crippen molar-refractivity contribution in [3.05, 3.63) is 53.3 Å². The zero-order valence-corrected chi connectivity index (χ0v) is 11.4. The van der Waals surface area contributed by atoms with Crippen LogP contribution in [0.1, 0.15) is 15.9 Å². The Bertz CT molecular complexity index is 674. The number of nitrogens with two attached hydrogens (primary N) is 1. The van der Waals surface area contributed by atoms with Gasteiger partial charge in [-0.25, -0.2) is 4.39 Å². The van der Waals surface area contributed by atoms with Crippen LogP contribution in [-0.2, 0) is 6.54 Å². The van der Waals surface area contributed by atoms with Gasteiger partial charge in [0, 0.05) is 12.1 Å². The van der Waals surface area contributed by atoms with Crippen molar-refractivity contribution in [2.75, 3.05) is 12.4 Å². The first kappa shape index (κ1) is 14.6. The largest absolute Gasteiger partial charge is 0.504 e. The third-order valence-corrected chi connectivity index (χ3v) is 2.98. The summed E-state index contributed by atoms with van der Waals surface area (Å²) in [5, 5.41) is 12.5. The van der Waals surface area contributed by atoms with Crippen LogP contribution in [-0.4, -0.2) is 18.1 Å². The maximum atomic E-state index is 13.6. The Hall–Kier alpha value is -2.76. The van der Waals surface area contributed by atoms with Crippen molar-refractivity contribution in [1.29, 1.82) is 0 Å². The predicted molar refractivity (Wildman–Crippen MR) is 76.9 cm³/mol. The molecule has 0 heterocycles. The van der Waals surface area contributed by atoms with Crippen LogP contribution in [0.15, 0.2) is 36.4 Å². The Morgan fingerprint density at radius 2 is 2.10 bits per heavy atom. The first-order chi connectivity index (χ1) is 10.0. The fourth-order valence-electron chi connectivity index (χ4n) is 1.86. The van der Waals surface area contributed by atoms with Crippen LogP contribution in [0, 0.1) is 5.82 Å². The van der Waals surface area contributed by atoms with E-state index in [1.807, 2.05) is 0 Å². The molecule has 1 amide bonds. The summed E-state index contributed by atoms with van der Waals surface area (Å²) in [7, 11) is 1.46. The van der Waals surface area contributed by atoms with Gasteiger partial charge in [0.25, 0.3) is 0 Å². The van der Waals surface area contributed by atoms with E-state index in [1.54, 1.807) is 12.1 Å². The lowest BCUT2D eigenvalue weighted by molar-refractivity contribution is 0.100. The molecule has 0 atom stereocenters. The number of nitrogens with one attached hydrogen (secondary N) is 1. The summed E-state index contributed by atoms with van der Waals surface area (Å²) in [6.07, 6.45) is 0. The van der Waals surface area contributed by atoms with Crippen molar-refractivity contribution in [2.45, 2.75) is 6.54 Å². The molecule has 5 nitrogen and oxygen atoms in total. The zero-order valence-electron chi connectivity index (χ0n) is 11.4. The average Bonchev–Trinajstić information content (AvgIpc) is 2.46. The quantitative estimate of drug-likeness (QED) is 0.788. The van der Waals surface area contributed by atoms with Crippen molar-refractivity contribution >= 4 is 11.6 Å². The number of hydrogen-bond donors (Lipinski definition) is 3. The number of carbonyl (C=O) groups is 1.